The van der Waals surface area contributed by atoms with Gasteiger partial charge in [-0.2, -0.15) is 0 Å². The molecular formula is C14H20N2OS. The van der Waals surface area contributed by atoms with Crippen LogP contribution in [-0.4, -0.2) is 17.1 Å². The van der Waals surface area contributed by atoms with Gasteiger partial charge in [0.2, 0.25) is 0 Å². The fourth-order valence-electron chi connectivity index (χ4n) is 1.57. The fourth-order valence-corrected chi connectivity index (χ4v) is 2.56. The standard InChI is InChI=1S/C14H20N2OS/c1-9(2)13-16-12-10(17-8-14(3,4)15)6-5-7-11(12)18-13/h5-7,9H,8,15H2,1-4H3. The molecule has 0 aliphatic carbocycles. The minimum Gasteiger partial charge on any atom is -0.489 e. The lowest BCUT2D eigenvalue weighted by Gasteiger charge is -2.19. The van der Waals surface area contributed by atoms with Crippen LogP contribution >= 0.6 is 11.3 Å². The summed E-state index contributed by atoms with van der Waals surface area (Å²) in [5.41, 5.74) is 6.56. The number of para-hydroxylation sites is 1. The molecule has 0 atom stereocenters. The average molecular weight is 264 g/mol. The highest BCUT2D eigenvalue weighted by atomic mass is 32.1. The van der Waals surface area contributed by atoms with Crippen molar-refractivity contribution in [3.63, 3.8) is 0 Å². The molecule has 0 fully saturated rings. The molecule has 0 saturated carbocycles. The van der Waals surface area contributed by atoms with E-state index in [0.717, 1.165) is 16.3 Å². The Balaban J connectivity index is 2.33. The molecule has 2 aromatic rings. The quantitative estimate of drug-likeness (QED) is 0.919. The van der Waals surface area contributed by atoms with Gasteiger partial charge in [0.15, 0.2) is 0 Å². The Morgan fingerprint density at radius 2 is 2.11 bits per heavy atom. The molecule has 18 heavy (non-hydrogen) atoms. The van der Waals surface area contributed by atoms with Crippen molar-refractivity contribution in [3.8, 4) is 5.75 Å². The summed E-state index contributed by atoms with van der Waals surface area (Å²) in [4.78, 5) is 4.67. The maximum Gasteiger partial charge on any atom is 0.146 e. The van der Waals surface area contributed by atoms with Gasteiger partial charge >= 0.3 is 0 Å². The lowest BCUT2D eigenvalue weighted by Crippen LogP contribution is -2.38. The molecule has 2 N–H and O–H groups in total. The molecule has 1 aromatic heterocycles. The first kappa shape index (κ1) is 13.3. The zero-order valence-corrected chi connectivity index (χ0v) is 12.2. The van der Waals surface area contributed by atoms with Crippen molar-refractivity contribution in [3.05, 3.63) is 23.2 Å². The Labute approximate surface area is 112 Å². The second-order valence-electron chi connectivity index (χ2n) is 5.59. The largest absolute Gasteiger partial charge is 0.489 e. The van der Waals surface area contributed by atoms with Crippen molar-refractivity contribution in [1.82, 2.24) is 4.98 Å². The number of thiazole rings is 1. The molecule has 0 unspecified atom stereocenters. The summed E-state index contributed by atoms with van der Waals surface area (Å²) in [6.45, 7) is 8.70. The van der Waals surface area contributed by atoms with Crippen molar-refractivity contribution in [2.45, 2.75) is 39.2 Å². The van der Waals surface area contributed by atoms with E-state index in [2.05, 4.69) is 24.9 Å². The summed E-state index contributed by atoms with van der Waals surface area (Å²) < 4.78 is 6.97. The molecule has 0 aliphatic rings. The number of benzene rings is 1. The van der Waals surface area contributed by atoms with Crippen LogP contribution in [0.25, 0.3) is 10.2 Å². The molecule has 2 rings (SSSR count). The van der Waals surface area contributed by atoms with Crippen molar-refractivity contribution in [2.24, 2.45) is 5.73 Å². The third-order valence-corrected chi connectivity index (χ3v) is 3.81. The van der Waals surface area contributed by atoms with Gasteiger partial charge in [-0.15, -0.1) is 11.3 Å². The van der Waals surface area contributed by atoms with Crippen molar-refractivity contribution in [2.75, 3.05) is 6.61 Å². The molecule has 0 spiro atoms. The highest BCUT2D eigenvalue weighted by Gasteiger charge is 2.15. The zero-order valence-electron chi connectivity index (χ0n) is 11.4. The topological polar surface area (TPSA) is 48.1 Å². The van der Waals surface area contributed by atoms with Gasteiger partial charge < -0.3 is 10.5 Å². The number of nitrogens with zero attached hydrogens (tertiary/aromatic N) is 1. The molecule has 0 aliphatic heterocycles. The van der Waals surface area contributed by atoms with Crippen molar-refractivity contribution in [1.29, 1.82) is 0 Å². The van der Waals surface area contributed by atoms with E-state index in [0.29, 0.717) is 12.5 Å². The maximum atomic E-state index is 5.94. The third-order valence-electron chi connectivity index (χ3n) is 2.49. The lowest BCUT2D eigenvalue weighted by molar-refractivity contribution is 0.245. The molecule has 0 bridgehead atoms. The highest BCUT2D eigenvalue weighted by molar-refractivity contribution is 7.18. The second kappa shape index (κ2) is 4.86. The fraction of sp³-hybridized carbons (Fsp3) is 0.500. The van der Waals surface area contributed by atoms with E-state index in [-0.39, 0.29) is 5.54 Å². The van der Waals surface area contributed by atoms with Crippen LogP contribution in [0.2, 0.25) is 0 Å². The first-order valence-corrected chi connectivity index (χ1v) is 6.99. The van der Waals surface area contributed by atoms with Crippen molar-refractivity contribution < 1.29 is 4.74 Å². The lowest BCUT2D eigenvalue weighted by atomic mass is 10.1. The molecule has 98 valence electrons. The first-order chi connectivity index (χ1) is 8.37. The van der Waals surface area contributed by atoms with Gasteiger partial charge in [0, 0.05) is 11.5 Å². The van der Waals surface area contributed by atoms with E-state index in [1.165, 1.54) is 4.70 Å². The van der Waals surface area contributed by atoms with Crippen LogP contribution < -0.4 is 10.5 Å². The normalized spacial score (nSPS) is 12.3. The van der Waals surface area contributed by atoms with Crippen LogP contribution in [0.5, 0.6) is 5.75 Å². The van der Waals surface area contributed by atoms with E-state index in [4.69, 9.17) is 10.5 Å². The molecule has 0 radical (unpaired) electrons. The Morgan fingerprint density at radius 3 is 2.72 bits per heavy atom. The number of aromatic nitrogens is 1. The summed E-state index contributed by atoms with van der Waals surface area (Å²) >= 11 is 1.73. The van der Waals surface area contributed by atoms with E-state index >= 15 is 0 Å². The number of fused-ring (bicyclic) bond motifs is 1. The highest BCUT2D eigenvalue weighted by Crippen LogP contribution is 2.32. The van der Waals surface area contributed by atoms with Gasteiger partial charge in [-0.3, -0.25) is 0 Å². The summed E-state index contributed by atoms with van der Waals surface area (Å²) in [6.07, 6.45) is 0. The van der Waals surface area contributed by atoms with E-state index in [9.17, 15) is 0 Å². The predicted molar refractivity (Wildman–Crippen MR) is 77.5 cm³/mol. The Kier molecular flexibility index (Phi) is 3.59. The molecule has 4 heteroatoms. The minimum atomic E-state index is -0.334. The SMILES string of the molecule is CC(C)c1nc2c(OCC(C)(C)N)cccc2s1. The van der Waals surface area contributed by atoms with E-state index in [1.807, 2.05) is 26.0 Å². The molecule has 1 heterocycles. The van der Waals surface area contributed by atoms with Gasteiger partial charge in [0.25, 0.3) is 0 Å². The molecular weight excluding hydrogens is 244 g/mol. The van der Waals surface area contributed by atoms with Crippen LogP contribution in [0.15, 0.2) is 18.2 Å². The summed E-state index contributed by atoms with van der Waals surface area (Å²) in [7, 11) is 0. The molecule has 0 amide bonds. The molecule has 0 saturated heterocycles. The van der Waals surface area contributed by atoms with Crippen LogP contribution in [0.4, 0.5) is 0 Å². The molecule has 1 aromatic carbocycles. The van der Waals surface area contributed by atoms with Crippen molar-refractivity contribution >= 4 is 21.6 Å². The maximum absolute atomic E-state index is 5.94. The van der Waals surface area contributed by atoms with Gasteiger partial charge in [-0.05, 0) is 26.0 Å². The van der Waals surface area contributed by atoms with Crippen LogP contribution in [0.1, 0.15) is 38.6 Å². The van der Waals surface area contributed by atoms with Gasteiger partial charge in [0.05, 0.1) is 9.71 Å². The minimum absolute atomic E-state index is 0.334. The Bertz CT molecular complexity index is 540. The Morgan fingerprint density at radius 1 is 1.39 bits per heavy atom. The number of rotatable bonds is 4. The number of hydrogen-bond donors (Lipinski definition) is 1. The zero-order chi connectivity index (χ0) is 13.3. The number of nitrogens with two attached hydrogens (primary N) is 1. The summed E-state index contributed by atoms with van der Waals surface area (Å²) in [6, 6.07) is 6.04. The third kappa shape index (κ3) is 3.00. The molecule has 3 nitrogen and oxygen atoms in total. The van der Waals surface area contributed by atoms with Crippen LogP contribution in [0.3, 0.4) is 0 Å². The predicted octanol–water partition coefficient (Wildman–Crippen LogP) is 3.54. The van der Waals surface area contributed by atoms with Crippen LogP contribution in [0, 0.1) is 0 Å². The smallest absolute Gasteiger partial charge is 0.146 e. The Hall–Kier alpha value is -1.13. The van der Waals surface area contributed by atoms with Gasteiger partial charge in [-0.25, -0.2) is 4.98 Å². The van der Waals surface area contributed by atoms with E-state index < -0.39 is 0 Å². The monoisotopic (exact) mass is 264 g/mol. The van der Waals surface area contributed by atoms with Gasteiger partial charge in [-0.1, -0.05) is 19.9 Å². The number of hydrogen-bond acceptors (Lipinski definition) is 4. The number of ether oxygens (including phenoxy) is 1. The van der Waals surface area contributed by atoms with E-state index in [1.54, 1.807) is 11.3 Å². The summed E-state index contributed by atoms with van der Waals surface area (Å²) in [5, 5.41) is 1.15. The summed E-state index contributed by atoms with van der Waals surface area (Å²) in [5.74, 6) is 1.27. The average Bonchev–Trinajstić information content (AvgIpc) is 2.69. The second-order valence-corrected chi connectivity index (χ2v) is 6.65. The first-order valence-electron chi connectivity index (χ1n) is 6.18. The van der Waals surface area contributed by atoms with Crippen LogP contribution in [-0.2, 0) is 0 Å². The van der Waals surface area contributed by atoms with Gasteiger partial charge in [0.1, 0.15) is 17.9 Å².